The van der Waals surface area contributed by atoms with Crippen molar-refractivity contribution in [1.82, 2.24) is 0 Å². The second-order valence-corrected chi connectivity index (χ2v) is 12.8. The summed E-state index contributed by atoms with van der Waals surface area (Å²) in [4.78, 5) is 15.5. The predicted octanol–water partition coefficient (Wildman–Crippen LogP) is 1.89. The smallest absolute Gasteiger partial charge is 0.337 e. The summed E-state index contributed by atoms with van der Waals surface area (Å²) in [5, 5.41) is 25.4. The number of carbonyl (C=O) groups is 1. The molecule has 2 aromatic rings. The number of hydrogen-bond donors (Lipinski definition) is 2. The maximum absolute atomic E-state index is 12.8. The first kappa shape index (κ1) is 23.0. The van der Waals surface area contributed by atoms with Crippen LogP contribution in [0.4, 0.5) is 0 Å². The summed E-state index contributed by atoms with van der Waals surface area (Å²) >= 11 is 0. The fraction of sp³-hybridized carbons (Fsp3) is 0.409. The van der Waals surface area contributed by atoms with Gasteiger partial charge in [0.05, 0.1) is 6.61 Å². The Balaban J connectivity index is 2.12. The van der Waals surface area contributed by atoms with Gasteiger partial charge >= 0.3 is 5.97 Å². The number of aliphatic hydroxyl groups is 2. The summed E-state index contributed by atoms with van der Waals surface area (Å²) in [5.74, 6) is -0.739. The molecule has 9 heteroatoms. The summed E-state index contributed by atoms with van der Waals surface area (Å²) in [6.45, 7) is 5.60. The van der Waals surface area contributed by atoms with E-state index in [0.29, 0.717) is 0 Å². The van der Waals surface area contributed by atoms with Gasteiger partial charge in [0.15, 0.2) is 6.10 Å². The molecule has 31 heavy (non-hydrogen) atoms. The fourth-order valence-electron chi connectivity index (χ4n) is 4.16. The van der Waals surface area contributed by atoms with Gasteiger partial charge in [-0.2, -0.15) is 0 Å². The lowest BCUT2D eigenvalue weighted by molar-refractivity contribution is -0.147. The SMILES string of the molecule is CC(C)(C)[Si](O[C@@H]1C(=O)O[C@@H]([C@@H](CO)N=[N+]=[N-])[C@@H]1O)(c1ccccc1)c1ccccc1. The molecule has 0 radical (unpaired) electrons. The van der Waals surface area contributed by atoms with Crippen LogP contribution in [-0.2, 0) is 14.0 Å². The van der Waals surface area contributed by atoms with Crippen LogP contribution in [-0.4, -0.2) is 55.5 Å². The molecule has 3 rings (SSSR count). The molecule has 8 nitrogen and oxygen atoms in total. The number of esters is 1. The Morgan fingerprint density at radius 2 is 1.65 bits per heavy atom. The first-order valence-electron chi connectivity index (χ1n) is 10.1. The number of ether oxygens (including phenoxy) is 1. The van der Waals surface area contributed by atoms with Crippen LogP contribution >= 0.6 is 0 Å². The molecular formula is C22H27N3O5Si. The average molecular weight is 442 g/mol. The number of hydrogen-bond acceptors (Lipinski definition) is 6. The molecule has 0 amide bonds. The van der Waals surface area contributed by atoms with E-state index in [1.807, 2.05) is 60.7 Å². The van der Waals surface area contributed by atoms with Crippen molar-refractivity contribution in [3.8, 4) is 0 Å². The van der Waals surface area contributed by atoms with Gasteiger partial charge in [0, 0.05) is 4.91 Å². The molecule has 1 aliphatic heterocycles. The average Bonchev–Trinajstić information content (AvgIpc) is 3.03. The van der Waals surface area contributed by atoms with Gasteiger partial charge in [-0.3, -0.25) is 0 Å². The van der Waals surface area contributed by atoms with E-state index in [4.69, 9.17) is 14.7 Å². The van der Waals surface area contributed by atoms with Gasteiger partial charge in [-0.25, -0.2) is 4.79 Å². The molecule has 164 valence electrons. The Morgan fingerprint density at radius 1 is 1.13 bits per heavy atom. The molecule has 0 bridgehead atoms. The second-order valence-electron chi connectivity index (χ2n) is 8.55. The van der Waals surface area contributed by atoms with Crippen molar-refractivity contribution < 1.29 is 24.2 Å². The van der Waals surface area contributed by atoms with E-state index in [-0.39, 0.29) is 0 Å². The highest BCUT2D eigenvalue weighted by molar-refractivity contribution is 6.99. The molecule has 4 atom stereocenters. The van der Waals surface area contributed by atoms with Gasteiger partial charge in [-0.1, -0.05) is 86.5 Å². The van der Waals surface area contributed by atoms with Crippen LogP contribution in [0.3, 0.4) is 0 Å². The maximum Gasteiger partial charge on any atom is 0.337 e. The molecular weight excluding hydrogens is 414 g/mol. The minimum atomic E-state index is -3.12. The number of rotatable bonds is 7. The van der Waals surface area contributed by atoms with E-state index in [2.05, 4.69) is 30.8 Å². The van der Waals surface area contributed by atoms with Gasteiger partial charge in [0.1, 0.15) is 18.2 Å². The zero-order valence-corrected chi connectivity index (χ0v) is 18.8. The highest BCUT2D eigenvalue weighted by Crippen LogP contribution is 2.39. The summed E-state index contributed by atoms with van der Waals surface area (Å²) < 4.78 is 12.0. The molecule has 0 unspecified atom stereocenters. The number of aliphatic hydroxyl groups excluding tert-OH is 2. The first-order chi connectivity index (χ1) is 14.8. The molecule has 1 heterocycles. The normalized spacial score (nSPS) is 22.5. The predicted molar refractivity (Wildman–Crippen MR) is 118 cm³/mol. The molecule has 2 N–H and O–H groups in total. The fourth-order valence-corrected chi connectivity index (χ4v) is 8.79. The van der Waals surface area contributed by atoms with Crippen LogP contribution < -0.4 is 10.4 Å². The topological polar surface area (TPSA) is 125 Å². The van der Waals surface area contributed by atoms with E-state index < -0.39 is 50.3 Å². The zero-order valence-electron chi connectivity index (χ0n) is 17.8. The standard InChI is InChI=1S/C22H27N3O5Si/c1-22(2,3)31(15-10-6-4-7-11-15,16-12-8-5-9-13-16)30-20-18(27)19(29-21(20)28)17(14-26)24-25-23/h4-13,17-20,26-27H,14H2,1-3H3/t17-,18+,19+,20+/m1/s1. The van der Waals surface area contributed by atoms with E-state index in [1.54, 1.807) is 0 Å². The van der Waals surface area contributed by atoms with Gasteiger partial charge in [-0.15, -0.1) is 0 Å². The maximum atomic E-state index is 12.8. The van der Waals surface area contributed by atoms with Crippen molar-refractivity contribution in [2.24, 2.45) is 5.11 Å². The van der Waals surface area contributed by atoms with Crippen molar-refractivity contribution >= 4 is 24.7 Å². The third kappa shape index (κ3) is 4.23. The highest BCUT2D eigenvalue weighted by Gasteiger charge is 2.57. The third-order valence-electron chi connectivity index (χ3n) is 5.62. The van der Waals surface area contributed by atoms with Crippen molar-refractivity contribution in [2.75, 3.05) is 6.61 Å². The Kier molecular flexibility index (Phi) is 6.83. The summed E-state index contributed by atoms with van der Waals surface area (Å²) in [6.07, 6.45) is -3.85. The summed E-state index contributed by atoms with van der Waals surface area (Å²) in [5.41, 5.74) is 8.74. The minimum Gasteiger partial charge on any atom is -0.457 e. The second kappa shape index (κ2) is 9.21. The minimum absolute atomic E-state index is 0.408. The Labute approximate surface area is 182 Å². The van der Waals surface area contributed by atoms with Crippen molar-refractivity contribution in [3.05, 3.63) is 71.1 Å². The van der Waals surface area contributed by atoms with Crippen LogP contribution in [0, 0.1) is 0 Å². The number of carbonyl (C=O) groups excluding carboxylic acids is 1. The lowest BCUT2D eigenvalue weighted by Gasteiger charge is -2.44. The monoisotopic (exact) mass is 441 g/mol. The van der Waals surface area contributed by atoms with E-state index in [1.165, 1.54) is 0 Å². The lowest BCUT2D eigenvalue weighted by atomic mass is 10.1. The largest absolute Gasteiger partial charge is 0.457 e. The van der Waals surface area contributed by atoms with E-state index >= 15 is 0 Å². The first-order valence-corrected chi connectivity index (χ1v) is 12.0. The molecule has 0 saturated carbocycles. The van der Waals surface area contributed by atoms with Crippen molar-refractivity contribution in [1.29, 1.82) is 0 Å². The third-order valence-corrected chi connectivity index (χ3v) is 10.6. The molecule has 2 aromatic carbocycles. The van der Waals surface area contributed by atoms with Crippen LogP contribution in [0.2, 0.25) is 5.04 Å². The van der Waals surface area contributed by atoms with Crippen molar-refractivity contribution in [2.45, 2.75) is 50.2 Å². The highest BCUT2D eigenvalue weighted by atomic mass is 28.4. The van der Waals surface area contributed by atoms with Gasteiger partial charge in [0.25, 0.3) is 8.32 Å². The molecule has 0 aromatic heterocycles. The number of benzene rings is 2. The molecule has 1 fully saturated rings. The van der Waals surface area contributed by atoms with Crippen LogP contribution in [0.25, 0.3) is 10.4 Å². The Hall–Kier alpha value is -2.68. The van der Waals surface area contributed by atoms with Gasteiger partial charge in [-0.05, 0) is 20.9 Å². The quantitative estimate of drug-likeness (QED) is 0.223. The van der Waals surface area contributed by atoms with Crippen molar-refractivity contribution in [3.63, 3.8) is 0 Å². The lowest BCUT2D eigenvalue weighted by Crippen LogP contribution is -2.69. The Bertz CT molecular complexity index is 905. The number of cyclic esters (lactones) is 1. The van der Waals surface area contributed by atoms with E-state index in [9.17, 15) is 15.0 Å². The van der Waals surface area contributed by atoms with Crippen LogP contribution in [0.15, 0.2) is 65.8 Å². The van der Waals surface area contributed by atoms with Crippen LogP contribution in [0.1, 0.15) is 20.8 Å². The summed E-state index contributed by atoms with van der Waals surface area (Å²) in [7, 11) is -3.12. The summed E-state index contributed by atoms with van der Waals surface area (Å²) in [6, 6.07) is 18.3. The molecule has 0 spiro atoms. The number of nitrogens with zero attached hydrogens (tertiary/aromatic N) is 3. The molecule has 0 aliphatic carbocycles. The molecule has 1 aliphatic rings. The zero-order chi connectivity index (χ0) is 22.6. The van der Waals surface area contributed by atoms with E-state index in [0.717, 1.165) is 10.4 Å². The Morgan fingerprint density at radius 3 is 2.06 bits per heavy atom. The number of azide groups is 1. The van der Waals surface area contributed by atoms with Gasteiger partial charge < -0.3 is 19.4 Å². The van der Waals surface area contributed by atoms with Gasteiger partial charge in [0.2, 0.25) is 0 Å². The van der Waals surface area contributed by atoms with Crippen LogP contribution in [0.5, 0.6) is 0 Å². The molecule has 1 saturated heterocycles.